The molecule has 43 heavy (non-hydrogen) atoms. The zero-order valence-corrected chi connectivity index (χ0v) is 24.8. The summed E-state index contributed by atoms with van der Waals surface area (Å²) in [5.41, 5.74) is 3.13. The number of ether oxygens (including phenoxy) is 2. The monoisotopic (exact) mass is 600 g/mol. The molecule has 2 fully saturated rings. The summed E-state index contributed by atoms with van der Waals surface area (Å²) in [6.07, 6.45) is 1.24. The molecule has 0 spiro atoms. The highest BCUT2D eigenvalue weighted by Gasteiger charge is 2.44. The predicted octanol–water partition coefficient (Wildman–Crippen LogP) is 4.53. The molecule has 222 valence electrons. The lowest BCUT2D eigenvalue weighted by Gasteiger charge is -2.24. The SMILES string of the molecule is CCOC(=O)c1ccc(NC(=O)CC2C(=O)N(c3ccc(OC)cc3)C(=S)N2Cc2ccc(N3CCCC3=O)cc2)cc1. The fourth-order valence-electron chi connectivity index (χ4n) is 5.17. The molecule has 0 aromatic heterocycles. The number of carbonyl (C=O) groups is 4. The molecule has 1 unspecified atom stereocenters. The maximum atomic E-state index is 13.8. The minimum atomic E-state index is -0.853. The Morgan fingerprint density at radius 1 is 0.953 bits per heavy atom. The molecule has 3 aromatic carbocycles. The van der Waals surface area contributed by atoms with Crippen LogP contribution < -0.4 is 19.9 Å². The van der Waals surface area contributed by atoms with Gasteiger partial charge in [-0.25, -0.2) is 4.79 Å². The van der Waals surface area contributed by atoms with E-state index in [-0.39, 0.29) is 42.4 Å². The van der Waals surface area contributed by atoms with Crippen molar-refractivity contribution in [1.82, 2.24) is 4.90 Å². The van der Waals surface area contributed by atoms with Crippen LogP contribution in [-0.4, -0.2) is 60.0 Å². The largest absolute Gasteiger partial charge is 0.497 e. The summed E-state index contributed by atoms with van der Waals surface area (Å²) < 4.78 is 10.3. The summed E-state index contributed by atoms with van der Waals surface area (Å²) in [5.74, 6) is -0.396. The van der Waals surface area contributed by atoms with E-state index in [4.69, 9.17) is 21.7 Å². The molecule has 5 rings (SSSR count). The molecule has 2 aliphatic heterocycles. The van der Waals surface area contributed by atoms with Crippen molar-refractivity contribution in [3.8, 4) is 5.75 Å². The van der Waals surface area contributed by atoms with E-state index in [1.807, 2.05) is 24.3 Å². The first-order chi connectivity index (χ1) is 20.8. The van der Waals surface area contributed by atoms with Gasteiger partial charge >= 0.3 is 5.97 Å². The van der Waals surface area contributed by atoms with Crippen LogP contribution in [0.4, 0.5) is 17.1 Å². The third kappa shape index (κ3) is 6.51. The highest BCUT2D eigenvalue weighted by molar-refractivity contribution is 7.80. The van der Waals surface area contributed by atoms with Gasteiger partial charge in [-0.1, -0.05) is 12.1 Å². The number of nitrogens with one attached hydrogen (secondary N) is 1. The smallest absolute Gasteiger partial charge is 0.338 e. The highest BCUT2D eigenvalue weighted by atomic mass is 32.1. The first-order valence-corrected chi connectivity index (χ1v) is 14.4. The molecular weight excluding hydrogens is 568 g/mol. The molecule has 0 aliphatic carbocycles. The van der Waals surface area contributed by atoms with Crippen molar-refractivity contribution >= 4 is 58.1 Å². The predicted molar refractivity (Wildman–Crippen MR) is 166 cm³/mol. The van der Waals surface area contributed by atoms with Gasteiger partial charge in [0.15, 0.2) is 5.11 Å². The number of benzene rings is 3. The number of nitrogens with zero attached hydrogens (tertiary/aromatic N) is 3. The molecule has 3 amide bonds. The second-order valence-corrected chi connectivity index (χ2v) is 10.5. The van der Waals surface area contributed by atoms with Gasteiger partial charge in [-0.2, -0.15) is 0 Å². The zero-order valence-electron chi connectivity index (χ0n) is 23.9. The Labute approximate surface area is 255 Å². The molecular formula is C32H32N4O6S. The van der Waals surface area contributed by atoms with Gasteiger partial charge in [0.2, 0.25) is 11.8 Å². The Morgan fingerprint density at radius 2 is 1.63 bits per heavy atom. The van der Waals surface area contributed by atoms with E-state index in [9.17, 15) is 19.2 Å². The van der Waals surface area contributed by atoms with Crippen LogP contribution in [0.25, 0.3) is 0 Å². The number of hydrogen-bond donors (Lipinski definition) is 1. The molecule has 2 heterocycles. The van der Waals surface area contributed by atoms with Crippen LogP contribution in [0.5, 0.6) is 5.75 Å². The van der Waals surface area contributed by atoms with Gasteiger partial charge in [0, 0.05) is 30.9 Å². The molecule has 2 aliphatic rings. The number of methoxy groups -OCH3 is 1. The average Bonchev–Trinajstić information content (AvgIpc) is 3.54. The van der Waals surface area contributed by atoms with Gasteiger partial charge in [0.25, 0.3) is 5.91 Å². The zero-order chi connectivity index (χ0) is 30.5. The Bertz CT molecular complexity index is 1520. The third-order valence-electron chi connectivity index (χ3n) is 7.38. The summed E-state index contributed by atoms with van der Waals surface area (Å²) >= 11 is 5.80. The van der Waals surface area contributed by atoms with Crippen LogP contribution in [0.2, 0.25) is 0 Å². The summed E-state index contributed by atoms with van der Waals surface area (Å²) in [4.78, 5) is 56.1. The molecule has 0 saturated carbocycles. The van der Waals surface area contributed by atoms with Crippen LogP contribution in [0.1, 0.15) is 42.1 Å². The van der Waals surface area contributed by atoms with Crippen molar-refractivity contribution in [2.45, 2.75) is 38.8 Å². The van der Waals surface area contributed by atoms with Crippen molar-refractivity contribution in [1.29, 1.82) is 0 Å². The fourth-order valence-corrected chi connectivity index (χ4v) is 5.56. The van der Waals surface area contributed by atoms with E-state index >= 15 is 0 Å². The van der Waals surface area contributed by atoms with Gasteiger partial charge in [-0.3, -0.25) is 19.3 Å². The molecule has 0 bridgehead atoms. The van der Waals surface area contributed by atoms with E-state index in [2.05, 4.69) is 5.32 Å². The van der Waals surface area contributed by atoms with Crippen molar-refractivity contribution in [2.24, 2.45) is 0 Å². The first kappa shape index (κ1) is 29.7. The minimum absolute atomic E-state index is 0.107. The highest BCUT2D eigenvalue weighted by Crippen LogP contribution is 2.31. The van der Waals surface area contributed by atoms with Crippen molar-refractivity contribution < 1.29 is 28.7 Å². The fraction of sp³-hybridized carbons (Fsp3) is 0.281. The van der Waals surface area contributed by atoms with E-state index in [1.54, 1.807) is 72.4 Å². The molecule has 3 aromatic rings. The van der Waals surface area contributed by atoms with E-state index in [1.165, 1.54) is 4.90 Å². The van der Waals surface area contributed by atoms with E-state index in [0.29, 0.717) is 35.7 Å². The summed E-state index contributed by atoms with van der Waals surface area (Å²) in [6.45, 7) is 2.98. The number of rotatable bonds is 10. The maximum absolute atomic E-state index is 13.8. The summed E-state index contributed by atoms with van der Waals surface area (Å²) in [5, 5.41) is 3.10. The van der Waals surface area contributed by atoms with Gasteiger partial charge in [0.05, 0.1) is 31.4 Å². The van der Waals surface area contributed by atoms with Crippen LogP contribution >= 0.6 is 12.2 Å². The Kier molecular flexibility index (Phi) is 9.01. The Morgan fingerprint density at radius 3 is 2.23 bits per heavy atom. The van der Waals surface area contributed by atoms with Gasteiger partial charge in [-0.05, 0) is 91.8 Å². The molecule has 2 saturated heterocycles. The number of esters is 1. The summed E-state index contributed by atoms with van der Waals surface area (Å²) in [6, 6.07) is 20.1. The number of carbonyl (C=O) groups excluding carboxylic acids is 4. The number of hydrogen-bond acceptors (Lipinski definition) is 7. The van der Waals surface area contributed by atoms with Gasteiger partial charge in [-0.15, -0.1) is 0 Å². The standard InChI is InChI=1S/C32H32N4O6S/c1-3-42-31(40)22-8-10-23(11-9-22)33-28(37)19-27-30(39)36(25-14-16-26(41-2)17-15-25)32(43)35(27)20-21-6-12-24(13-7-21)34-18-4-5-29(34)38/h6-17,27H,3-5,18-20H2,1-2H3,(H,33,37). The molecule has 1 N–H and O–H groups in total. The molecule has 10 nitrogen and oxygen atoms in total. The lowest BCUT2D eigenvalue weighted by Crippen LogP contribution is -2.37. The Balaban J connectivity index is 1.35. The quantitative estimate of drug-likeness (QED) is 0.267. The average molecular weight is 601 g/mol. The topological polar surface area (TPSA) is 108 Å². The minimum Gasteiger partial charge on any atom is -0.497 e. The van der Waals surface area contributed by atoms with Crippen LogP contribution in [0, 0.1) is 0 Å². The van der Waals surface area contributed by atoms with Crippen molar-refractivity contribution in [3.63, 3.8) is 0 Å². The second kappa shape index (κ2) is 13.0. The molecule has 11 heteroatoms. The van der Waals surface area contributed by atoms with Crippen molar-refractivity contribution in [3.05, 3.63) is 83.9 Å². The van der Waals surface area contributed by atoms with Gasteiger partial charge in [0.1, 0.15) is 11.8 Å². The second-order valence-electron chi connectivity index (χ2n) is 10.2. The van der Waals surface area contributed by atoms with E-state index < -0.39 is 12.0 Å². The lowest BCUT2D eigenvalue weighted by molar-refractivity contribution is -0.124. The van der Waals surface area contributed by atoms with E-state index in [0.717, 1.165) is 17.7 Å². The van der Waals surface area contributed by atoms with Crippen LogP contribution in [-0.2, 0) is 25.7 Å². The third-order valence-corrected chi connectivity index (χ3v) is 7.80. The first-order valence-electron chi connectivity index (χ1n) is 14.0. The van der Waals surface area contributed by atoms with Crippen LogP contribution in [0.3, 0.4) is 0 Å². The normalized spacial score (nSPS) is 16.6. The number of anilines is 3. The maximum Gasteiger partial charge on any atom is 0.338 e. The summed E-state index contributed by atoms with van der Waals surface area (Å²) in [7, 11) is 1.56. The van der Waals surface area contributed by atoms with Gasteiger partial charge < -0.3 is 24.6 Å². The number of thiocarbonyl (C=S) groups is 1. The molecule has 0 radical (unpaired) electrons. The number of amides is 3. The lowest BCUT2D eigenvalue weighted by atomic mass is 10.1. The van der Waals surface area contributed by atoms with Crippen molar-refractivity contribution in [2.75, 3.05) is 35.4 Å². The Hall–Kier alpha value is -4.77. The van der Waals surface area contributed by atoms with Crippen LogP contribution in [0.15, 0.2) is 72.8 Å². The molecule has 1 atom stereocenters.